The van der Waals surface area contributed by atoms with Crippen molar-refractivity contribution in [3.63, 3.8) is 0 Å². The first-order valence-electron chi connectivity index (χ1n) is 9.08. The summed E-state index contributed by atoms with van der Waals surface area (Å²) in [5.41, 5.74) is 1.41. The highest BCUT2D eigenvalue weighted by molar-refractivity contribution is 6.42. The van der Waals surface area contributed by atoms with Gasteiger partial charge in [-0.25, -0.2) is 19.9 Å². The highest BCUT2D eigenvalue weighted by atomic mass is 35.5. The molecular formula is C19H20Cl2N6O. The molecule has 2 heterocycles. The fourth-order valence-corrected chi connectivity index (χ4v) is 3.59. The van der Waals surface area contributed by atoms with Crippen LogP contribution in [0.15, 0.2) is 30.7 Å². The molecular weight excluding hydrogens is 399 g/mol. The summed E-state index contributed by atoms with van der Waals surface area (Å²) >= 11 is 12.1. The molecule has 0 radical (unpaired) electrons. The lowest BCUT2D eigenvalue weighted by atomic mass is 9.84. The van der Waals surface area contributed by atoms with E-state index in [0.717, 1.165) is 31.4 Å². The first-order valence-corrected chi connectivity index (χ1v) is 9.84. The molecule has 0 spiro atoms. The van der Waals surface area contributed by atoms with Crippen molar-refractivity contribution in [3.8, 4) is 0 Å². The van der Waals surface area contributed by atoms with E-state index in [4.69, 9.17) is 23.2 Å². The predicted molar refractivity (Wildman–Crippen MR) is 111 cm³/mol. The Labute approximate surface area is 172 Å². The molecule has 0 aliphatic heterocycles. The number of benzene rings is 1. The van der Waals surface area contributed by atoms with Gasteiger partial charge in [-0.2, -0.15) is 0 Å². The van der Waals surface area contributed by atoms with Crippen molar-refractivity contribution in [1.29, 1.82) is 0 Å². The molecule has 1 aliphatic carbocycles. The molecule has 4 rings (SSSR count). The lowest BCUT2D eigenvalue weighted by molar-refractivity contribution is 0.0196. The second-order valence-corrected chi connectivity index (χ2v) is 8.13. The van der Waals surface area contributed by atoms with Crippen LogP contribution in [-0.2, 0) is 0 Å². The molecule has 0 unspecified atom stereocenters. The summed E-state index contributed by atoms with van der Waals surface area (Å²) in [6.07, 6.45) is 6.38. The average molecular weight is 419 g/mol. The van der Waals surface area contributed by atoms with Crippen LogP contribution in [0.4, 0.5) is 17.5 Å². The van der Waals surface area contributed by atoms with Gasteiger partial charge in [0.05, 0.1) is 21.8 Å². The minimum atomic E-state index is -0.576. The summed E-state index contributed by atoms with van der Waals surface area (Å²) in [5, 5.41) is 17.6. The van der Waals surface area contributed by atoms with E-state index in [1.807, 2.05) is 13.0 Å². The molecule has 3 aromatic rings. The maximum absolute atomic E-state index is 10.1. The normalized spacial score (nSPS) is 22.2. The highest BCUT2D eigenvalue weighted by Crippen LogP contribution is 2.30. The molecule has 1 aliphatic rings. The van der Waals surface area contributed by atoms with Crippen LogP contribution < -0.4 is 10.6 Å². The number of nitrogens with one attached hydrogen (secondary N) is 2. The van der Waals surface area contributed by atoms with Gasteiger partial charge < -0.3 is 15.7 Å². The number of hydrogen-bond acceptors (Lipinski definition) is 7. The second-order valence-electron chi connectivity index (χ2n) is 7.32. The number of fused-ring (bicyclic) bond motifs is 1. The van der Waals surface area contributed by atoms with Gasteiger partial charge in [-0.3, -0.25) is 0 Å². The van der Waals surface area contributed by atoms with Gasteiger partial charge in [-0.05, 0) is 50.8 Å². The van der Waals surface area contributed by atoms with Crippen LogP contribution in [0.25, 0.3) is 11.0 Å². The van der Waals surface area contributed by atoms with E-state index >= 15 is 0 Å². The molecule has 1 saturated carbocycles. The molecule has 0 bridgehead atoms. The van der Waals surface area contributed by atoms with Crippen molar-refractivity contribution < 1.29 is 5.11 Å². The number of nitrogens with zero attached hydrogens (tertiary/aromatic N) is 4. The summed E-state index contributed by atoms with van der Waals surface area (Å²) in [5.74, 6) is 1.08. The third-order valence-corrected chi connectivity index (χ3v) is 5.69. The lowest BCUT2D eigenvalue weighted by Gasteiger charge is -2.33. The summed E-state index contributed by atoms with van der Waals surface area (Å²) in [4.78, 5) is 17.5. The van der Waals surface area contributed by atoms with E-state index in [1.165, 1.54) is 6.33 Å². The van der Waals surface area contributed by atoms with Gasteiger partial charge in [0.2, 0.25) is 5.95 Å². The molecule has 1 fully saturated rings. The van der Waals surface area contributed by atoms with E-state index < -0.39 is 5.60 Å². The molecule has 7 nitrogen and oxygen atoms in total. The number of aromatic nitrogens is 4. The maximum Gasteiger partial charge on any atom is 0.223 e. The number of anilines is 3. The van der Waals surface area contributed by atoms with Crippen molar-refractivity contribution in [2.24, 2.45) is 0 Å². The summed E-state index contributed by atoms with van der Waals surface area (Å²) in [6, 6.07) is 5.49. The predicted octanol–water partition coefficient (Wildman–Crippen LogP) is 4.58. The second kappa shape index (κ2) is 7.66. The Hall–Kier alpha value is -2.22. The van der Waals surface area contributed by atoms with Crippen LogP contribution in [-0.4, -0.2) is 36.7 Å². The van der Waals surface area contributed by atoms with Crippen LogP contribution in [0.2, 0.25) is 10.0 Å². The van der Waals surface area contributed by atoms with Crippen molar-refractivity contribution in [2.75, 3.05) is 10.6 Å². The third-order valence-electron chi connectivity index (χ3n) is 4.96. The van der Waals surface area contributed by atoms with E-state index in [-0.39, 0.29) is 6.04 Å². The zero-order chi connectivity index (χ0) is 19.7. The smallest absolute Gasteiger partial charge is 0.223 e. The SMILES string of the molecule is C[C@]1(O)CC[C@H](Nc2ncc3ncnc(Nc4ccc(Cl)c(Cl)c4)c3n2)CC1. The van der Waals surface area contributed by atoms with Crippen LogP contribution in [0, 0.1) is 0 Å². The van der Waals surface area contributed by atoms with Crippen molar-refractivity contribution in [2.45, 2.75) is 44.2 Å². The summed E-state index contributed by atoms with van der Waals surface area (Å²) in [6.45, 7) is 1.88. The molecule has 28 heavy (non-hydrogen) atoms. The van der Waals surface area contributed by atoms with Gasteiger partial charge >= 0.3 is 0 Å². The van der Waals surface area contributed by atoms with E-state index in [0.29, 0.717) is 32.8 Å². The maximum atomic E-state index is 10.1. The Balaban J connectivity index is 1.58. The minimum absolute atomic E-state index is 0.230. The van der Waals surface area contributed by atoms with Crippen molar-refractivity contribution in [3.05, 3.63) is 40.8 Å². The van der Waals surface area contributed by atoms with Crippen molar-refractivity contribution in [1.82, 2.24) is 19.9 Å². The highest BCUT2D eigenvalue weighted by Gasteiger charge is 2.28. The number of aliphatic hydroxyl groups is 1. The third kappa shape index (κ3) is 4.27. The molecule has 3 N–H and O–H groups in total. The van der Waals surface area contributed by atoms with E-state index in [9.17, 15) is 5.11 Å². The summed E-state index contributed by atoms with van der Waals surface area (Å²) < 4.78 is 0. The molecule has 0 atom stereocenters. The average Bonchev–Trinajstić information content (AvgIpc) is 2.67. The van der Waals surface area contributed by atoms with E-state index in [1.54, 1.807) is 18.3 Å². The van der Waals surface area contributed by atoms with Gasteiger partial charge in [-0.15, -0.1) is 0 Å². The Morgan fingerprint density at radius 1 is 1.11 bits per heavy atom. The number of rotatable bonds is 4. The zero-order valence-corrected chi connectivity index (χ0v) is 16.8. The van der Waals surface area contributed by atoms with Crippen LogP contribution in [0.5, 0.6) is 0 Å². The standard InChI is InChI=1S/C19H20Cl2N6O/c1-19(28)6-4-11(5-7-19)26-18-22-9-15-16(27-18)17(24-10-23-15)25-12-2-3-13(20)14(21)8-12/h2-3,8-11,28H,4-7H2,1H3,(H,22,26,27)(H,23,24,25)/t11-,19-. The Bertz CT molecular complexity index is 1000. The zero-order valence-electron chi connectivity index (χ0n) is 15.3. The number of halogens is 2. The Kier molecular flexibility index (Phi) is 5.23. The Morgan fingerprint density at radius 2 is 1.89 bits per heavy atom. The largest absolute Gasteiger partial charge is 0.390 e. The van der Waals surface area contributed by atoms with Gasteiger partial charge in [0.15, 0.2) is 5.82 Å². The quantitative estimate of drug-likeness (QED) is 0.570. The molecule has 9 heteroatoms. The van der Waals surface area contributed by atoms with Gasteiger partial charge in [-0.1, -0.05) is 23.2 Å². The monoisotopic (exact) mass is 418 g/mol. The first kappa shape index (κ1) is 19.1. The van der Waals surface area contributed by atoms with E-state index in [2.05, 4.69) is 30.6 Å². The van der Waals surface area contributed by atoms with Crippen LogP contribution in [0.3, 0.4) is 0 Å². The van der Waals surface area contributed by atoms with Crippen LogP contribution in [0.1, 0.15) is 32.6 Å². The molecule has 1 aromatic carbocycles. The fraction of sp³-hybridized carbons (Fsp3) is 0.368. The van der Waals surface area contributed by atoms with Crippen LogP contribution >= 0.6 is 23.2 Å². The summed E-state index contributed by atoms with van der Waals surface area (Å²) in [7, 11) is 0. The molecule has 146 valence electrons. The first-order chi connectivity index (χ1) is 13.4. The fourth-order valence-electron chi connectivity index (χ4n) is 3.29. The van der Waals surface area contributed by atoms with Gasteiger partial charge in [0, 0.05) is 11.7 Å². The molecule has 0 amide bonds. The molecule has 0 saturated heterocycles. The minimum Gasteiger partial charge on any atom is -0.390 e. The lowest BCUT2D eigenvalue weighted by Crippen LogP contribution is -2.36. The van der Waals surface area contributed by atoms with Crippen molar-refractivity contribution >= 4 is 51.7 Å². The Morgan fingerprint density at radius 3 is 2.64 bits per heavy atom. The van der Waals surface area contributed by atoms with Gasteiger partial charge in [0.25, 0.3) is 0 Å². The van der Waals surface area contributed by atoms with Gasteiger partial charge in [0.1, 0.15) is 17.4 Å². The topological polar surface area (TPSA) is 95.9 Å². The number of hydrogen-bond donors (Lipinski definition) is 3. The molecule has 2 aromatic heterocycles.